The van der Waals surface area contributed by atoms with Gasteiger partial charge in [0.25, 0.3) is 0 Å². The Hall–Kier alpha value is -4.75. The normalized spacial score (nSPS) is 18.8. The number of amides is 1. The summed E-state index contributed by atoms with van der Waals surface area (Å²) in [5.41, 5.74) is -1.96. The van der Waals surface area contributed by atoms with Crippen LogP contribution >= 0.6 is 0 Å². The molecule has 0 aromatic heterocycles. The predicted molar refractivity (Wildman–Crippen MR) is 207 cm³/mol. The van der Waals surface area contributed by atoms with Gasteiger partial charge in [-0.1, -0.05) is 142 Å². The van der Waals surface area contributed by atoms with Crippen molar-refractivity contribution in [2.45, 2.75) is 76.7 Å². The Balaban J connectivity index is 1.65. The lowest BCUT2D eigenvalue weighted by Crippen LogP contribution is -2.75. The molecule has 11 heteroatoms. The molecular weight excluding hydrogens is 700 g/mol. The Morgan fingerprint density at radius 2 is 1.20 bits per heavy atom. The van der Waals surface area contributed by atoms with Gasteiger partial charge in [-0.2, -0.15) is 0 Å². The molecule has 1 aliphatic rings. The van der Waals surface area contributed by atoms with E-state index in [1.54, 1.807) is 0 Å². The monoisotopic (exact) mass is 752 g/mol. The fraction of sp³-hybridized carbons (Fsp3) is 0.386. The fourth-order valence-electron chi connectivity index (χ4n) is 7.05. The van der Waals surface area contributed by atoms with E-state index in [-0.39, 0.29) is 39.5 Å². The highest BCUT2D eigenvalue weighted by molar-refractivity contribution is 5.97. The average molecular weight is 753 g/mol. The average Bonchev–Trinajstić information content (AvgIpc) is 3.20. The van der Waals surface area contributed by atoms with Crippen LogP contribution in [0.15, 0.2) is 121 Å². The third-order valence-corrected chi connectivity index (χ3v) is 10.1. The topological polar surface area (TPSA) is 144 Å². The summed E-state index contributed by atoms with van der Waals surface area (Å²) in [5.74, 6) is -0.602. The maximum atomic E-state index is 15.6. The molecule has 1 amide bonds. The summed E-state index contributed by atoms with van der Waals surface area (Å²) in [6.07, 6.45) is -5.49. The van der Waals surface area contributed by atoms with Crippen LogP contribution in [0.4, 0.5) is 4.79 Å². The minimum atomic E-state index is -2.37. The summed E-state index contributed by atoms with van der Waals surface area (Å²) >= 11 is 0. The summed E-state index contributed by atoms with van der Waals surface area (Å²) in [4.78, 5) is 43.1. The third-order valence-electron chi connectivity index (χ3n) is 10.1. The van der Waals surface area contributed by atoms with E-state index in [1.165, 1.54) is 4.90 Å². The Morgan fingerprint density at radius 1 is 0.745 bits per heavy atom. The van der Waals surface area contributed by atoms with Gasteiger partial charge in [-0.3, -0.25) is 14.5 Å². The molecule has 11 nitrogen and oxygen atoms in total. The highest BCUT2D eigenvalue weighted by Gasteiger charge is 2.60. The van der Waals surface area contributed by atoms with Gasteiger partial charge in [-0.05, 0) is 27.7 Å². The third kappa shape index (κ3) is 10.3. The van der Waals surface area contributed by atoms with E-state index in [1.807, 2.05) is 142 Å². The number of nitrogens with zero attached hydrogens (tertiary/aromatic N) is 1. The first-order chi connectivity index (χ1) is 26.5. The minimum absolute atomic E-state index is 0.00803. The molecule has 4 aromatic rings. The molecule has 292 valence electrons. The molecule has 0 spiro atoms. The van der Waals surface area contributed by atoms with Crippen molar-refractivity contribution in [1.29, 1.82) is 0 Å². The maximum absolute atomic E-state index is 15.6. The molecule has 5 unspecified atom stereocenters. The minimum Gasteiger partial charge on any atom is -0.465 e. The molecule has 55 heavy (non-hydrogen) atoms. The van der Waals surface area contributed by atoms with E-state index in [9.17, 15) is 19.8 Å². The van der Waals surface area contributed by atoms with Crippen molar-refractivity contribution in [2.24, 2.45) is 5.41 Å². The molecule has 0 aliphatic carbocycles. The SMILES string of the molecule is CC(C)(C)C1(C(=O)C(OCc2ccccc2)C(OCc2ccccc2)C(OCc2ccccc2)C(O)(C=O)COCc2ccccc2)CNCCN1C(=O)O. The number of hydrogen-bond acceptors (Lipinski definition) is 9. The Kier molecular flexibility index (Phi) is 14.5. The van der Waals surface area contributed by atoms with Crippen LogP contribution in [0, 0.1) is 5.41 Å². The number of piperazine rings is 1. The van der Waals surface area contributed by atoms with Gasteiger partial charge in [0, 0.05) is 19.6 Å². The highest BCUT2D eigenvalue weighted by Crippen LogP contribution is 2.41. The number of carbonyl (C=O) groups excluding carboxylic acids is 2. The zero-order chi connectivity index (χ0) is 39.3. The van der Waals surface area contributed by atoms with Crippen LogP contribution < -0.4 is 5.32 Å². The predicted octanol–water partition coefficient (Wildman–Crippen LogP) is 5.83. The number of carboxylic acid groups (broad SMARTS) is 1. The second-order valence-corrected chi connectivity index (χ2v) is 14.9. The van der Waals surface area contributed by atoms with Gasteiger partial charge in [-0.15, -0.1) is 0 Å². The molecule has 0 saturated carbocycles. The number of Topliss-reactive ketones (excluding diaryl/α,β-unsaturated/α-hetero) is 1. The molecule has 1 heterocycles. The Morgan fingerprint density at radius 3 is 1.65 bits per heavy atom. The molecule has 0 bridgehead atoms. The first-order valence-corrected chi connectivity index (χ1v) is 18.5. The maximum Gasteiger partial charge on any atom is 0.408 e. The van der Waals surface area contributed by atoms with E-state index in [0.717, 1.165) is 22.3 Å². The number of nitrogens with one attached hydrogen (secondary N) is 1. The quantitative estimate of drug-likeness (QED) is 0.100. The zero-order valence-corrected chi connectivity index (χ0v) is 31.7. The summed E-state index contributed by atoms with van der Waals surface area (Å²) in [7, 11) is 0. The number of aldehydes is 1. The largest absolute Gasteiger partial charge is 0.465 e. The molecular formula is C44H52N2O9. The van der Waals surface area contributed by atoms with Gasteiger partial charge in [0.15, 0.2) is 17.7 Å². The summed E-state index contributed by atoms with van der Waals surface area (Å²) in [6, 6.07) is 37.0. The van der Waals surface area contributed by atoms with Crippen molar-refractivity contribution in [1.82, 2.24) is 10.2 Å². The molecule has 5 atom stereocenters. The van der Waals surface area contributed by atoms with E-state index < -0.39 is 53.4 Å². The lowest BCUT2D eigenvalue weighted by Gasteiger charge is -2.54. The van der Waals surface area contributed by atoms with Crippen LogP contribution in [0.2, 0.25) is 0 Å². The van der Waals surface area contributed by atoms with Gasteiger partial charge in [0.1, 0.15) is 23.9 Å². The molecule has 0 radical (unpaired) electrons. The molecule has 3 N–H and O–H groups in total. The van der Waals surface area contributed by atoms with Crippen molar-refractivity contribution in [3.63, 3.8) is 0 Å². The van der Waals surface area contributed by atoms with E-state index in [4.69, 9.17) is 18.9 Å². The van der Waals surface area contributed by atoms with E-state index in [2.05, 4.69) is 5.32 Å². The Labute approximate surface area is 323 Å². The first kappa shape index (κ1) is 41.4. The molecule has 1 aliphatic heterocycles. The lowest BCUT2D eigenvalue weighted by molar-refractivity contribution is -0.219. The van der Waals surface area contributed by atoms with Crippen LogP contribution in [0.5, 0.6) is 0 Å². The van der Waals surface area contributed by atoms with Crippen LogP contribution in [0.25, 0.3) is 0 Å². The van der Waals surface area contributed by atoms with Crippen molar-refractivity contribution in [2.75, 3.05) is 26.2 Å². The lowest BCUT2D eigenvalue weighted by atomic mass is 9.66. The molecule has 1 fully saturated rings. The standard InChI is InChI=1S/C44H52N2O9/c1-42(2,3)44(30-45-24-25-46(44)41(49)50)39(48)37(53-27-34-18-10-5-11-19-34)38(54-28-35-20-12-6-13-21-35)40(55-29-36-22-14-7-15-23-36)43(51,31-47)32-52-26-33-16-8-4-9-17-33/h4-23,31,37-38,40,45,51H,24-30,32H2,1-3H3,(H,49,50). The van der Waals surface area contributed by atoms with Crippen molar-refractivity contribution < 1.29 is 43.5 Å². The molecule has 5 rings (SSSR count). The fourth-order valence-corrected chi connectivity index (χ4v) is 7.05. The van der Waals surface area contributed by atoms with Gasteiger partial charge >= 0.3 is 6.09 Å². The zero-order valence-electron chi connectivity index (χ0n) is 31.7. The van der Waals surface area contributed by atoms with Crippen LogP contribution in [-0.4, -0.2) is 89.0 Å². The second-order valence-electron chi connectivity index (χ2n) is 14.9. The molecule has 4 aromatic carbocycles. The van der Waals surface area contributed by atoms with E-state index in [0.29, 0.717) is 12.8 Å². The van der Waals surface area contributed by atoms with Gasteiger partial charge in [0.2, 0.25) is 0 Å². The van der Waals surface area contributed by atoms with Gasteiger partial charge in [-0.25, -0.2) is 4.79 Å². The smallest absolute Gasteiger partial charge is 0.408 e. The van der Waals surface area contributed by atoms with Crippen molar-refractivity contribution in [3.8, 4) is 0 Å². The number of ether oxygens (including phenoxy) is 4. The van der Waals surface area contributed by atoms with Crippen molar-refractivity contribution >= 4 is 18.2 Å². The number of rotatable bonds is 19. The number of ketones is 1. The number of hydrogen-bond donors (Lipinski definition) is 3. The van der Waals surface area contributed by atoms with Crippen LogP contribution in [0.3, 0.4) is 0 Å². The number of carbonyl (C=O) groups is 3. The number of aliphatic hydroxyl groups is 1. The van der Waals surface area contributed by atoms with E-state index >= 15 is 4.79 Å². The summed E-state index contributed by atoms with van der Waals surface area (Å²) < 4.78 is 25.8. The first-order valence-electron chi connectivity index (χ1n) is 18.5. The summed E-state index contributed by atoms with van der Waals surface area (Å²) in [5, 5.41) is 26.3. The van der Waals surface area contributed by atoms with Gasteiger partial charge < -0.3 is 34.5 Å². The van der Waals surface area contributed by atoms with Crippen LogP contribution in [0.1, 0.15) is 43.0 Å². The van der Waals surface area contributed by atoms with Crippen LogP contribution in [-0.2, 0) is 55.0 Å². The van der Waals surface area contributed by atoms with Gasteiger partial charge in [0.05, 0.1) is 33.0 Å². The molecule has 1 saturated heterocycles. The summed E-state index contributed by atoms with van der Waals surface area (Å²) in [6.45, 7) is 5.17. The Bertz CT molecular complexity index is 1790. The van der Waals surface area contributed by atoms with Crippen molar-refractivity contribution in [3.05, 3.63) is 144 Å². The number of benzene rings is 4. The second kappa shape index (κ2) is 19.2. The highest BCUT2D eigenvalue weighted by atomic mass is 16.6.